The molecule has 0 bridgehead atoms. The van der Waals surface area contributed by atoms with Crippen molar-refractivity contribution < 1.29 is 31.1 Å². The van der Waals surface area contributed by atoms with Gasteiger partial charge in [0.2, 0.25) is 0 Å². The SMILES string of the molecule is C=C(F)/C(OCc1cc(F)c(-c2ccc3c(F)c(C)c(F)cc3c2)c(F)c1)=C(\C)F.CC. The van der Waals surface area contributed by atoms with Crippen molar-refractivity contribution in [2.24, 2.45) is 0 Å². The maximum Gasteiger partial charge on any atom is 0.185 e. The zero-order chi connectivity index (χ0) is 24.2. The first-order valence-corrected chi connectivity index (χ1v) is 9.80. The summed E-state index contributed by atoms with van der Waals surface area (Å²) >= 11 is 0. The number of fused-ring (bicyclic) bond motifs is 1. The zero-order valence-electron chi connectivity index (χ0n) is 18.1. The molecule has 0 aliphatic heterocycles. The third kappa shape index (κ3) is 5.15. The predicted molar refractivity (Wildman–Crippen MR) is 114 cm³/mol. The van der Waals surface area contributed by atoms with Crippen LogP contribution < -0.4 is 0 Å². The number of rotatable bonds is 5. The Hall–Kier alpha value is -3.22. The van der Waals surface area contributed by atoms with E-state index in [4.69, 9.17) is 4.74 Å². The van der Waals surface area contributed by atoms with Crippen molar-refractivity contribution in [3.63, 3.8) is 0 Å². The minimum atomic E-state index is -1.15. The van der Waals surface area contributed by atoms with Crippen LogP contribution in [0.3, 0.4) is 0 Å². The van der Waals surface area contributed by atoms with E-state index in [0.29, 0.717) is 0 Å². The fraction of sp³-hybridized carbons (Fsp3) is 0.200. The van der Waals surface area contributed by atoms with Crippen molar-refractivity contribution in [2.75, 3.05) is 0 Å². The number of benzene rings is 3. The smallest absolute Gasteiger partial charge is 0.185 e. The molecule has 0 aliphatic carbocycles. The monoisotopic (exact) mass is 452 g/mol. The molecule has 0 spiro atoms. The average Bonchev–Trinajstić information content (AvgIpc) is 2.72. The first-order valence-electron chi connectivity index (χ1n) is 9.80. The van der Waals surface area contributed by atoms with Crippen LogP contribution in [0.5, 0.6) is 0 Å². The van der Waals surface area contributed by atoms with Crippen LogP contribution in [0.4, 0.5) is 26.3 Å². The molecule has 1 nitrogen and oxygen atoms in total. The molecule has 0 saturated carbocycles. The maximum atomic E-state index is 14.6. The Morgan fingerprint density at radius 1 is 0.906 bits per heavy atom. The lowest BCUT2D eigenvalue weighted by Gasteiger charge is -2.12. The first-order chi connectivity index (χ1) is 15.1. The van der Waals surface area contributed by atoms with Gasteiger partial charge in [-0.15, -0.1) is 0 Å². The van der Waals surface area contributed by atoms with Crippen molar-refractivity contribution in [3.05, 3.63) is 94.8 Å². The van der Waals surface area contributed by atoms with Crippen LogP contribution >= 0.6 is 0 Å². The van der Waals surface area contributed by atoms with Gasteiger partial charge in [-0.3, -0.25) is 0 Å². The summed E-state index contributed by atoms with van der Waals surface area (Å²) in [5.74, 6) is -6.32. The van der Waals surface area contributed by atoms with E-state index in [2.05, 4.69) is 6.58 Å². The summed E-state index contributed by atoms with van der Waals surface area (Å²) in [6, 6.07) is 6.90. The molecule has 3 rings (SSSR count). The highest BCUT2D eigenvalue weighted by atomic mass is 19.2. The van der Waals surface area contributed by atoms with Crippen LogP contribution in [0.1, 0.15) is 31.9 Å². The molecular formula is C25H22F6O. The van der Waals surface area contributed by atoms with Gasteiger partial charge in [-0.25, -0.2) is 26.3 Å². The van der Waals surface area contributed by atoms with Gasteiger partial charge in [0.15, 0.2) is 11.6 Å². The molecule has 0 unspecified atom stereocenters. The van der Waals surface area contributed by atoms with Crippen LogP contribution in [-0.2, 0) is 11.3 Å². The van der Waals surface area contributed by atoms with E-state index in [-0.39, 0.29) is 27.5 Å². The quantitative estimate of drug-likeness (QED) is 0.214. The van der Waals surface area contributed by atoms with Gasteiger partial charge in [0.25, 0.3) is 0 Å². The molecular weight excluding hydrogens is 430 g/mol. The molecule has 0 aliphatic rings. The fourth-order valence-electron chi connectivity index (χ4n) is 3.09. The standard InChI is InChI=1S/C23H16F6O.C2H6/c1-11-18(26)9-16-8-15(4-5-17(16)22(11)29)21-19(27)6-14(7-20(21)28)10-30-23(12(2)24)13(3)25;1-2/h4-9H,2,10H2,1,3H3;1-2H3/b23-13-;. The predicted octanol–water partition coefficient (Wildman–Crippen LogP) is 8.60. The van der Waals surface area contributed by atoms with E-state index in [9.17, 15) is 26.3 Å². The van der Waals surface area contributed by atoms with Crippen LogP contribution in [-0.4, -0.2) is 0 Å². The molecule has 7 heteroatoms. The Kier molecular flexibility index (Phi) is 8.14. The molecule has 0 radical (unpaired) electrons. The third-order valence-electron chi connectivity index (χ3n) is 4.59. The van der Waals surface area contributed by atoms with Gasteiger partial charge in [-0.2, -0.15) is 0 Å². The second-order valence-corrected chi connectivity index (χ2v) is 6.72. The number of hydrogen-bond acceptors (Lipinski definition) is 1. The van der Waals surface area contributed by atoms with E-state index in [1.807, 2.05) is 13.8 Å². The van der Waals surface area contributed by atoms with Crippen LogP contribution in [0.25, 0.3) is 21.9 Å². The van der Waals surface area contributed by atoms with Gasteiger partial charge in [0.05, 0.1) is 5.56 Å². The molecule has 0 fully saturated rings. The van der Waals surface area contributed by atoms with Crippen molar-refractivity contribution in [1.29, 1.82) is 0 Å². The molecule has 0 amide bonds. The first kappa shape index (κ1) is 25.0. The molecule has 0 atom stereocenters. The Labute approximate surface area is 182 Å². The maximum absolute atomic E-state index is 14.6. The molecule has 3 aromatic carbocycles. The number of halogens is 6. The molecule has 0 heterocycles. The van der Waals surface area contributed by atoms with Crippen LogP contribution in [0.2, 0.25) is 0 Å². The summed E-state index contributed by atoms with van der Waals surface area (Å²) in [6.45, 7) is 8.68. The van der Waals surface area contributed by atoms with Crippen molar-refractivity contribution in [3.8, 4) is 11.1 Å². The Morgan fingerprint density at radius 3 is 2.03 bits per heavy atom. The molecule has 0 N–H and O–H groups in total. The summed E-state index contributed by atoms with van der Waals surface area (Å²) in [5.41, 5.74) is -0.494. The Morgan fingerprint density at radius 2 is 1.50 bits per heavy atom. The highest BCUT2D eigenvalue weighted by Crippen LogP contribution is 2.32. The average molecular weight is 452 g/mol. The molecule has 32 heavy (non-hydrogen) atoms. The number of allylic oxidation sites excluding steroid dienone is 2. The number of ether oxygens (including phenoxy) is 1. The second kappa shape index (κ2) is 10.4. The molecule has 170 valence electrons. The van der Waals surface area contributed by atoms with E-state index in [0.717, 1.165) is 25.1 Å². The van der Waals surface area contributed by atoms with Gasteiger partial charge in [-0.1, -0.05) is 32.6 Å². The molecule has 3 aromatic rings. The van der Waals surface area contributed by atoms with Gasteiger partial charge in [0.1, 0.15) is 35.7 Å². The van der Waals surface area contributed by atoms with Gasteiger partial charge >= 0.3 is 0 Å². The second-order valence-electron chi connectivity index (χ2n) is 6.72. The third-order valence-corrected chi connectivity index (χ3v) is 4.59. The van der Waals surface area contributed by atoms with E-state index in [1.165, 1.54) is 25.1 Å². The summed E-state index contributed by atoms with van der Waals surface area (Å²) in [6.07, 6.45) is 0. The van der Waals surface area contributed by atoms with Gasteiger partial charge in [0, 0.05) is 10.9 Å². The lowest BCUT2D eigenvalue weighted by molar-refractivity contribution is 0.185. The zero-order valence-corrected chi connectivity index (χ0v) is 18.1. The van der Waals surface area contributed by atoms with E-state index in [1.54, 1.807) is 0 Å². The molecule has 0 aromatic heterocycles. The largest absolute Gasteiger partial charge is 0.483 e. The van der Waals surface area contributed by atoms with Gasteiger partial charge < -0.3 is 4.74 Å². The summed E-state index contributed by atoms with van der Waals surface area (Å²) in [5, 5.41) is 0.268. The lowest BCUT2D eigenvalue weighted by atomic mass is 9.98. The van der Waals surface area contributed by atoms with Gasteiger partial charge in [-0.05, 0) is 54.6 Å². The van der Waals surface area contributed by atoms with Crippen molar-refractivity contribution in [2.45, 2.75) is 34.3 Å². The molecule has 0 saturated heterocycles. The summed E-state index contributed by atoms with van der Waals surface area (Å²) < 4.78 is 88.6. The van der Waals surface area contributed by atoms with Crippen molar-refractivity contribution in [1.82, 2.24) is 0 Å². The normalized spacial score (nSPS) is 11.6. The summed E-state index contributed by atoms with van der Waals surface area (Å²) in [7, 11) is 0. The van der Waals surface area contributed by atoms with Crippen molar-refractivity contribution >= 4 is 10.8 Å². The Balaban J connectivity index is 0.00000176. The topological polar surface area (TPSA) is 9.23 Å². The number of hydrogen-bond donors (Lipinski definition) is 0. The van der Waals surface area contributed by atoms with E-state index >= 15 is 0 Å². The minimum Gasteiger partial charge on any atom is -0.483 e. The Bertz CT molecular complexity index is 1170. The minimum absolute atomic E-state index is 0.0118. The van der Waals surface area contributed by atoms with Crippen LogP contribution in [0.15, 0.2) is 60.4 Å². The van der Waals surface area contributed by atoms with Crippen LogP contribution in [0, 0.1) is 30.2 Å². The lowest BCUT2D eigenvalue weighted by Crippen LogP contribution is -1.99. The van der Waals surface area contributed by atoms with E-state index < -0.39 is 52.9 Å². The summed E-state index contributed by atoms with van der Waals surface area (Å²) in [4.78, 5) is 0. The highest BCUT2D eigenvalue weighted by molar-refractivity contribution is 5.88. The fourth-order valence-corrected chi connectivity index (χ4v) is 3.09. The highest BCUT2D eigenvalue weighted by Gasteiger charge is 2.17.